The summed E-state index contributed by atoms with van der Waals surface area (Å²) < 4.78 is 5.40. The highest BCUT2D eigenvalue weighted by Crippen LogP contribution is 2.28. The lowest BCUT2D eigenvalue weighted by Gasteiger charge is -2.28. The van der Waals surface area contributed by atoms with E-state index in [1.165, 1.54) is 10.5 Å². The third-order valence-electron chi connectivity index (χ3n) is 4.88. The minimum Gasteiger partial charge on any atom is -0.378 e. The third kappa shape index (κ3) is 4.46. The van der Waals surface area contributed by atoms with Crippen LogP contribution < -0.4 is 4.90 Å². The fourth-order valence-electron chi connectivity index (χ4n) is 3.23. The van der Waals surface area contributed by atoms with E-state index in [2.05, 4.69) is 36.1 Å². The highest BCUT2D eigenvalue weighted by Gasteiger charge is 2.13. The summed E-state index contributed by atoms with van der Waals surface area (Å²) in [7, 11) is 0. The van der Waals surface area contributed by atoms with Gasteiger partial charge in [-0.15, -0.1) is 0 Å². The molecule has 1 fully saturated rings. The Balaban J connectivity index is 1.43. The van der Waals surface area contributed by atoms with Crippen LogP contribution in [0.5, 0.6) is 0 Å². The van der Waals surface area contributed by atoms with Crippen LogP contribution in [0.3, 0.4) is 0 Å². The molecule has 1 saturated heterocycles. The zero-order valence-corrected chi connectivity index (χ0v) is 16.7. The maximum Gasteiger partial charge on any atom is 0.193 e. The van der Waals surface area contributed by atoms with Gasteiger partial charge in [-0.25, -0.2) is 0 Å². The Bertz CT molecular complexity index is 928. The van der Waals surface area contributed by atoms with Gasteiger partial charge in [0.15, 0.2) is 5.78 Å². The average molecular weight is 390 g/mol. The van der Waals surface area contributed by atoms with Gasteiger partial charge in [0.05, 0.1) is 13.2 Å². The molecule has 1 heterocycles. The van der Waals surface area contributed by atoms with Gasteiger partial charge in [-0.2, -0.15) is 0 Å². The first-order valence-electron chi connectivity index (χ1n) is 9.51. The number of hydrogen-bond acceptors (Lipinski definition) is 4. The van der Waals surface area contributed by atoms with Crippen LogP contribution in [-0.4, -0.2) is 32.1 Å². The Morgan fingerprint density at radius 1 is 0.786 bits per heavy atom. The first kappa shape index (κ1) is 18.8. The molecule has 0 radical (unpaired) electrons. The predicted octanol–water partition coefficient (Wildman–Crippen LogP) is 5.21. The van der Waals surface area contributed by atoms with E-state index in [-0.39, 0.29) is 5.78 Å². The molecule has 0 aliphatic carbocycles. The van der Waals surface area contributed by atoms with Crippen molar-refractivity contribution in [2.75, 3.05) is 31.2 Å². The van der Waals surface area contributed by atoms with Crippen LogP contribution in [0.4, 0.5) is 5.69 Å². The molecule has 4 rings (SSSR count). The molecular weight excluding hydrogens is 366 g/mol. The van der Waals surface area contributed by atoms with Gasteiger partial charge in [-0.05, 0) is 67.6 Å². The Kier molecular flexibility index (Phi) is 5.79. The molecule has 0 atom stereocenters. The van der Waals surface area contributed by atoms with Crippen LogP contribution in [0.15, 0.2) is 82.6 Å². The normalized spacial score (nSPS) is 14.1. The molecule has 142 valence electrons. The summed E-state index contributed by atoms with van der Waals surface area (Å²) in [6.07, 6.45) is 0. The Labute approximate surface area is 170 Å². The lowest BCUT2D eigenvalue weighted by atomic mass is 10.0. The van der Waals surface area contributed by atoms with Gasteiger partial charge >= 0.3 is 0 Å². The zero-order valence-electron chi connectivity index (χ0n) is 15.9. The molecule has 1 aliphatic heterocycles. The number of morpholine rings is 1. The van der Waals surface area contributed by atoms with Crippen molar-refractivity contribution >= 4 is 23.2 Å². The van der Waals surface area contributed by atoms with Gasteiger partial charge in [-0.3, -0.25) is 4.79 Å². The van der Waals surface area contributed by atoms with Crippen LogP contribution in [0, 0.1) is 6.92 Å². The molecule has 0 aromatic heterocycles. The third-order valence-corrected chi connectivity index (χ3v) is 5.89. The topological polar surface area (TPSA) is 29.5 Å². The van der Waals surface area contributed by atoms with E-state index in [9.17, 15) is 4.79 Å². The summed E-state index contributed by atoms with van der Waals surface area (Å²) in [5, 5.41) is 0. The minimum atomic E-state index is 0.0559. The summed E-state index contributed by atoms with van der Waals surface area (Å²) >= 11 is 1.70. The number of ketones is 1. The van der Waals surface area contributed by atoms with Crippen molar-refractivity contribution in [2.45, 2.75) is 16.7 Å². The van der Waals surface area contributed by atoms with E-state index in [0.29, 0.717) is 5.56 Å². The Hall–Kier alpha value is -2.56. The fourth-order valence-corrected chi connectivity index (χ4v) is 4.05. The van der Waals surface area contributed by atoms with Crippen molar-refractivity contribution < 1.29 is 9.53 Å². The van der Waals surface area contributed by atoms with E-state index in [1.807, 2.05) is 48.5 Å². The van der Waals surface area contributed by atoms with Crippen molar-refractivity contribution in [1.29, 1.82) is 0 Å². The van der Waals surface area contributed by atoms with Crippen molar-refractivity contribution in [3.05, 3.63) is 89.5 Å². The molecule has 3 aromatic carbocycles. The predicted molar refractivity (Wildman–Crippen MR) is 115 cm³/mol. The minimum absolute atomic E-state index is 0.0559. The van der Waals surface area contributed by atoms with E-state index >= 15 is 0 Å². The number of nitrogens with zero attached hydrogens (tertiary/aromatic N) is 1. The van der Waals surface area contributed by atoms with Gasteiger partial charge in [0.25, 0.3) is 0 Å². The van der Waals surface area contributed by atoms with Gasteiger partial charge in [0, 0.05) is 39.7 Å². The largest absolute Gasteiger partial charge is 0.378 e. The number of benzene rings is 3. The molecule has 28 heavy (non-hydrogen) atoms. The molecule has 1 aliphatic rings. The van der Waals surface area contributed by atoms with Gasteiger partial charge in [-0.1, -0.05) is 29.5 Å². The average Bonchev–Trinajstić information content (AvgIpc) is 2.76. The molecule has 0 N–H and O–H groups in total. The van der Waals surface area contributed by atoms with E-state index in [4.69, 9.17) is 4.74 Å². The maximum atomic E-state index is 12.8. The van der Waals surface area contributed by atoms with E-state index < -0.39 is 0 Å². The number of carbonyl (C=O) groups excluding carboxylic acids is 1. The number of anilines is 1. The van der Waals surface area contributed by atoms with Crippen LogP contribution in [0.2, 0.25) is 0 Å². The first-order valence-corrected chi connectivity index (χ1v) is 10.3. The molecule has 0 saturated carbocycles. The molecular formula is C24H23NO2S. The molecule has 0 amide bonds. The van der Waals surface area contributed by atoms with E-state index in [0.717, 1.165) is 42.4 Å². The number of aryl methyl sites for hydroxylation is 1. The van der Waals surface area contributed by atoms with E-state index in [1.54, 1.807) is 11.8 Å². The lowest BCUT2D eigenvalue weighted by Crippen LogP contribution is -2.36. The smallest absolute Gasteiger partial charge is 0.193 e. The van der Waals surface area contributed by atoms with Gasteiger partial charge in [0.2, 0.25) is 0 Å². The Morgan fingerprint density at radius 2 is 1.29 bits per heavy atom. The van der Waals surface area contributed by atoms with Crippen LogP contribution >= 0.6 is 11.8 Å². The molecule has 3 nitrogen and oxygen atoms in total. The summed E-state index contributed by atoms with van der Waals surface area (Å²) in [6, 6.07) is 24.2. The summed E-state index contributed by atoms with van der Waals surface area (Å²) in [5.41, 5.74) is 3.83. The van der Waals surface area contributed by atoms with Crippen LogP contribution in [0.25, 0.3) is 0 Å². The summed E-state index contributed by atoms with van der Waals surface area (Å²) in [4.78, 5) is 17.4. The summed E-state index contributed by atoms with van der Waals surface area (Å²) in [6.45, 7) is 5.39. The SMILES string of the molecule is Cc1ccc(Sc2ccc(C(=O)c3ccc(N4CCOCC4)cc3)cc2)cc1. The number of hydrogen-bond donors (Lipinski definition) is 0. The zero-order chi connectivity index (χ0) is 19.3. The Morgan fingerprint density at radius 3 is 1.86 bits per heavy atom. The molecule has 0 unspecified atom stereocenters. The van der Waals surface area contributed by atoms with Gasteiger partial charge in [0.1, 0.15) is 0 Å². The standard InChI is InChI=1S/C24H23NO2S/c1-18-2-10-22(11-3-18)28-23-12-6-20(7-13-23)24(26)19-4-8-21(9-5-19)25-14-16-27-17-15-25/h2-13H,14-17H2,1H3. The number of rotatable bonds is 5. The second-order valence-corrected chi connectivity index (χ2v) is 8.06. The second kappa shape index (κ2) is 8.63. The van der Waals surface area contributed by atoms with Crippen LogP contribution in [-0.2, 0) is 4.74 Å². The van der Waals surface area contributed by atoms with Crippen molar-refractivity contribution in [3.8, 4) is 0 Å². The first-order chi connectivity index (χ1) is 13.7. The van der Waals surface area contributed by atoms with Crippen LogP contribution in [0.1, 0.15) is 21.5 Å². The molecule has 0 bridgehead atoms. The van der Waals surface area contributed by atoms with Crippen molar-refractivity contribution in [3.63, 3.8) is 0 Å². The monoisotopic (exact) mass is 389 g/mol. The van der Waals surface area contributed by atoms with Gasteiger partial charge < -0.3 is 9.64 Å². The highest BCUT2D eigenvalue weighted by molar-refractivity contribution is 7.99. The molecule has 0 spiro atoms. The molecule has 3 aromatic rings. The fraction of sp³-hybridized carbons (Fsp3) is 0.208. The highest BCUT2D eigenvalue weighted by atomic mass is 32.2. The van der Waals surface area contributed by atoms with Crippen molar-refractivity contribution in [1.82, 2.24) is 0 Å². The number of ether oxygens (including phenoxy) is 1. The van der Waals surface area contributed by atoms with Crippen molar-refractivity contribution in [2.24, 2.45) is 0 Å². The number of carbonyl (C=O) groups is 1. The summed E-state index contributed by atoms with van der Waals surface area (Å²) in [5.74, 6) is 0.0559. The quantitative estimate of drug-likeness (QED) is 0.560. The molecule has 4 heteroatoms. The maximum absolute atomic E-state index is 12.8. The lowest BCUT2D eigenvalue weighted by molar-refractivity contribution is 0.103. The second-order valence-electron chi connectivity index (χ2n) is 6.91.